The van der Waals surface area contributed by atoms with Gasteiger partial charge in [0.15, 0.2) is 6.61 Å². The highest BCUT2D eigenvalue weighted by Gasteiger charge is 2.42. The molecule has 0 bridgehead atoms. The summed E-state index contributed by atoms with van der Waals surface area (Å²) in [5.41, 5.74) is -0.203. The van der Waals surface area contributed by atoms with E-state index in [-0.39, 0.29) is 36.3 Å². The largest absolute Gasteiger partial charge is 0.482 e. The van der Waals surface area contributed by atoms with E-state index in [4.69, 9.17) is 9.47 Å². The lowest BCUT2D eigenvalue weighted by Gasteiger charge is -2.34. The Morgan fingerprint density at radius 1 is 1.09 bits per heavy atom. The minimum Gasteiger partial charge on any atom is -0.482 e. The number of rotatable bonds is 4. The second-order valence-corrected chi connectivity index (χ2v) is 8.70. The zero-order valence-electron chi connectivity index (χ0n) is 17.9. The quantitative estimate of drug-likeness (QED) is 0.572. The molecule has 0 radical (unpaired) electrons. The molecule has 0 aliphatic carbocycles. The Hall–Kier alpha value is -3.75. The molecule has 1 atom stereocenters. The number of nitrogens with one attached hydrogen (secondary N) is 1. The van der Waals surface area contributed by atoms with Crippen molar-refractivity contribution in [1.82, 2.24) is 10.2 Å². The van der Waals surface area contributed by atoms with Gasteiger partial charge in [-0.3, -0.25) is 29.4 Å². The van der Waals surface area contributed by atoms with Crippen LogP contribution in [0.5, 0.6) is 5.75 Å². The lowest BCUT2D eigenvalue weighted by molar-refractivity contribution is -0.157. The predicted octanol–water partition coefficient (Wildman–Crippen LogP) is 1.96. The summed E-state index contributed by atoms with van der Waals surface area (Å²) in [6.45, 7) is 4.87. The van der Waals surface area contributed by atoms with Crippen molar-refractivity contribution < 1.29 is 33.4 Å². The number of ether oxygens (including phenoxy) is 2. The van der Waals surface area contributed by atoms with Crippen LogP contribution in [0, 0.1) is 0 Å². The first-order valence-electron chi connectivity index (χ1n) is 10.2. The fourth-order valence-electron chi connectivity index (χ4n) is 3.91. The normalized spacial score (nSPS) is 18.6. The molecule has 0 spiro atoms. The first-order valence-corrected chi connectivity index (χ1v) is 10.2. The highest BCUT2D eigenvalue weighted by Crippen LogP contribution is 2.35. The third kappa shape index (κ3) is 3.93. The first-order chi connectivity index (χ1) is 15.0. The van der Waals surface area contributed by atoms with Crippen LogP contribution in [-0.4, -0.2) is 52.7 Å². The Morgan fingerprint density at radius 2 is 1.81 bits per heavy atom. The number of hydrogen-bond acceptors (Lipinski definition) is 7. The van der Waals surface area contributed by atoms with Crippen molar-refractivity contribution >= 4 is 40.4 Å². The minimum absolute atomic E-state index is 0.0313. The highest BCUT2D eigenvalue weighted by molar-refractivity contribution is 6.27. The molecule has 166 valence electrons. The van der Waals surface area contributed by atoms with E-state index >= 15 is 0 Å². The van der Waals surface area contributed by atoms with Gasteiger partial charge in [-0.2, -0.15) is 0 Å². The first kappa shape index (κ1) is 21.5. The summed E-state index contributed by atoms with van der Waals surface area (Å²) < 4.78 is 10.8. The lowest BCUT2D eigenvalue weighted by Crippen LogP contribution is -2.57. The zero-order valence-corrected chi connectivity index (χ0v) is 17.9. The van der Waals surface area contributed by atoms with Gasteiger partial charge in [-0.05, 0) is 50.8 Å². The molecule has 0 saturated carbocycles. The van der Waals surface area contributed by atoms with Crippen LogP contribution in [0.15, 0.2) is 30.3 Å². The third-order valence-electron chi connectivity index (χ3n) is 5.15. The molecule has 1 unspecified atom stereocenters. The molecule has 2 aliphatic rings. The zero-order chi connectivity index (χ0) is 23.2. The molecule has 1 N–H and O–H groups in total. The van der Waals surface area contributed by atoms with E-state index in [2.05, 4.69) is 5.32 Å². The molecule has 2 aromatic carbocycles. The van der Waals surface area contributed by atoms with E-state index in [1.807, 2.05) is 0 Å². The van der Waals surface area contributed by atoms with Crippen LogP contribution in [0.2, 0.25) is 0 Å². The van der Waals surface area contributed by atoms with E-state index in [0.29, 0.717) is 10.8 Å². The van der Waals surface area contributed by atoms with Crippen LogP contribution in [0.1, 0.15) is 54.3 Å². The topological polar surface area (TPSA) is 119 Å². The third-order valence-corrected chi connectivity index (χ3v) is 5.15. The maximum Gasteiger partial charge on any atom is 0.344 e. The van der Waals surface area contributed by atoms with Crippen molar-refractivity contribution in [2.24, 2.45) is 0 Å². The maximum absolute atomic E-state index is 13.3. The van der Waals surface area contributed by atoms with E-state index in [1.165, 1.54) is 6.07 Å². The minimum atomic E-state index is -1.08. The van der Waals surface area contributed by atoms with Gasteiger partial charge in [0.2, 0.25) is 11.8 Å². The molecular weight excluding hydrogens is 416 g/mol. The molecule has 1 fully saturated rings. The van der Waals surface area contributed by atoms with Crippen molar-refractivity contribution in [2.75, 3.05) is 6.61 Å². The molecule has 9 heteroatoms. The molecule has 4 rings (SSSR count). The van der Waals surface area contributed by atoms with Crippen molar-refractivity contribution in [2.45, 2.75) is 45.3 Å². The number of amides is 4. The van der Waals surface area contributed by atoms with Crippen LogP contribution < -0.4 is 10.1 Å². The molecule has 0 aromatic heterocycles. The highest BCUT2D eigenvalue weighted by atomic mass is 16.6. The fourth-order valence-corrected chi connectivity index (χ4v) is 3.91. The summed E-state index contributed by atoms with van der Waals surface area (Å²) in [6, 6.07) is 6.97. The number of carbonyl (C=O) groups is 5. The molecule has 2 aromatic rings. The Bertz CT molecular complexity index is 1180. The fraction of sp³-hybridized carbons (Fsp3) is 0.348. The number of imide groups is 2. The van der Waals surface area contributed by atoms with Gasteiger partial charge in [0.1, 0.15) is 17.4 Å². The van der Waals surface area contributed by atoms with E-state index < -0.39 is 41.2 Å². The lowest BCUT2D eigenvalue weighted by atomic mass is 9.91. The van der Waals surface area contributed by atoms with Gasteiger partial charge >= 0.3 is 5.97 Å². The van der Waals surface area contributed by atoms with Gasteiger partial charge in [0, 0.05) is 17.4 Å². The smallest absolute Gasteiger partial charge is 0.344 e. The monoisotopic (exact) mass is 438 g/mol. The Morgan fingerprint density at radius 3 is 2.50 bits per heavy atom. The van der Waals surface area contributed by atoms with Crippen LogP contribution in [0.3, 0.4) is 0 Å². The summed E-state index contributed by atoms with van der Waals surface area (Å²) >= 11 is 0. The summed E-state index contributed by atoms with van der Waals surface area (Å²) in [4.78, 5) is 63.2. The summed E-state index contributed by atoms with van der Waals surface area (Å²) in [5, 5.41) is 3.22. The van der Waals surface area contributed by atoms with Crippen LogP contribution in [0.25, 0.3) is 10.8 Å². The average Bonchev–Trinajstić information content (AvgIpc) is 2.70. The molecule has 2 aliphatic heterocycles. The number of nitrogens with zero attached hydrogens (tertiary/aromatic N) is 1. The molecule has 1 saturated heterocycles. The molecule has 32 heavy (non-hydrogen) atoms. The number of esters is 1. The van der Waals surface area contributed by atoms with Crippen LogP contribution in [0.4, 0.5) is 0 Å². The standard InChI is InChI=1S/C23H22N2O7/c1-23(2,3)32-18(27)11-31-13-9-12-5-4-6-14-19(12)15(10-13)22(30)25(21(14)29)16-7-8-17(26)24-20(16)28/h4-6,9-10,16H,7-8,11H2,1-3H3,(H,24,26,28). The summed E-state index contributed by atoms with van der Waals surface area (Å²) in [6.07, 6.45) is 0.0891. The maximum atomic E-state index is 13.3. The van der Waals surface area contributed by atoms with Crippen LogP contribution in [-0.2, 0) is 19.1 Å². The number of benzene rings is 2. The second-order valence-electron chi connectivity index (χ2n) is 8.70. The Kier molecular flexibility index (Phi) is 5.20. The number of piperidine rings is 1. The van der Waals surface area contributed by atoms with E-state index in [1.54, 1.807) is 45.0 Å². The summed E-state index contributed by atoms with van der Waals surface area (Å²) in [5.74, 6) is -2.69. The molecule has 2 heterocycles. The molecule has 9 nitrogen and oxygen atoms in total. The molecule has 4 amide bonds. The van der Waals surface area contributed by atoms with Crippen molar-refractivity contribution in [3.8, 4) is 5.75 Å². The summed E-state index contributed by atoms with van der Waals surface area (Å²) in [7, 11) is 0. The molecular formula is C23H22N2O7. The SMILES string of the molecule is CC(C)(C)OC(=O)COc1cc2c3c(cccc3c1)C(=O)N(C1CCC(=O)NC1=O)C2=O. The van der Waals surface area contributed by atoms with Gasteiger partial charge in [0.25, 0.3) is 11.8 Å². The Labute approximate surface area is 183 Å². The van der Waals surface area contributed by atoms with Gasteiger partial charge in [-0.1, -0.05) is 12.1 Å². The number of hydrogen-bond donors (Lipinski definition) is 1. The van der Waals surface area contributed by atoms with Gasteiger partial charge in [-0.25, -0.2) is 4.79 Å². The van der Waals surface area contributed by atoms with Gasteiger partial charge in [0.05, 0.1) is 5.56 Å². The average molecular weight is 438 g/mol. The van der Waals surface area contributed by atoms with Gasteiger partial charge < -0.3 is 9.47 Å². The van der Waals surface area contributed by atoms with Gasteiger partial charge in [-0.15, -0.1) is 0 Å². The van der Waals surface area contributed by atoms with Crippen molar-refractivity contribution in [3.63, 3.8) is 0 Å². The predicted molar refractivity (Wildman–Crippen MR) is 112 cm³/mol. The number of carbonyl (C=O) groups excluding carboxylic acids is 5. The Balaban J connectivity index is 1.69. The van der Waals surface area contributed by atoms with Crippen molar-refractivity contribution in [1.29, 1.82) is 0 Å². The van der Waals surface area contributed by atoms with E-state index in [9.17, 15) is 24.0 Å². The van der Waals surface area contributed by atoms with Crippen molar-refractivity contribution in [3.05, 3.63) is 41.5 Å². The van der Waals surface area contributed by atoms with E-state index in [0.717, 1.165) is 4.90 Å². The van der Waals surface area contributed by atoms with Crippen LogP contribution >= 0.6 is 0 Å². The second kappa shape index (κ2) is 7.74.